The van der Waals surface area contributed by atoms with Crippen molar-refractivity contribution in [2.45, 2.75) is 0 Å². The van der Waals surface area contributed by atoms with Gasteiger partial charge in [0.05, 0.1) is 5.02 Å². The Morgan fingerprint density at radius 3 is 2.57 bits per heavy atom. The van der Waals surface area contributed by atoms with Gasteiger partial charge in [-0.25, -0.2) is 4.79 Å². The molecule has 0 aliphatic carbocycles. The van der Waals surface area contributed by atoms with Gasteiger partial charge in [-0.2, -0.15) is 0 Å². The van der Waals surface area contributed by atoms with Crippen molar-refractivity contribution in [1.82, 2.24) is 0 Å². The lowest BCUT2D eigenvalue weighted by Gasteiger charge is -2.06. The van der Waals surface area contributed by atoms with E-state index >= 15 is 0 Å². The van der Waals surface area contributed by atoms with E-state index in [-0.39, 0.29) is 27.8 Å². The van der Waals surface area contributed by atoms with Gasteiger partial charge in [-0.05, 0) is 12.1 Å². The van der Waals surface area contributed by atoms with Crippen molar-refractivity contribution in [2.24, 2.45) is 0 Å². The Kier molecular flexibility index (Phi) is 3.33. The number of carbonyl (C=O) groups excluding carboxylic acids is 1. The lowest BCUT2D eigenvalue weighted by molar-refractivity contribution is -0.120. The van der Waals surface area contributed by atoms with Crippen LogP contribution in [0.1, 0.15) is 10.4 Å². The van der Waals surface area contributed by atoms with Crippen molar-refractivity contribution in [1.29, 1.82) is 0 Å². The number of hydrogen-bond donors (Lipinski definition) is 1. The molecule has 0 saturated heterocycles. The summed E-state index contributed by atoms with van der Waals surface area (Å²) in [5, 5.41) is 8.73. The minimum Gasteiger partial charge on any atom is -0.478 e. The van der Waals surface area contributed by atoms with Crippen molar-refractivity contribution in [3.8, 4) is 5.75 Å². The molecule has 6 heteroatoms. The SMILES string of the molecule is O=COc1c(C(=O)O)ccc(Cl)c1Cl. The summed E-state index contributed by atoms with van der Waals surface area (Å²) < 4.78 is 4.43. The lowest BCUT2D eigenvalue weighted by atomic mass is 10.2. The van der Waals surface area contributed by atoms with E-state index in [9.17, 15) is 9.59 Å². The molecular weight excluding hydrogens is 231 g/mol. The quantitative estimate of drug-likeness (QED) is 0.815. The van der Waals surface area contributed by atoms with Gasteiger partial charge in [0.1, 0.15) is 10.6 Å². The smallest absolute Gasteiger partial charge is 0.339 e. The third kappa shape index (κ3) is 1.97. The molecule has 1 aromatic carbocycles. The second kappa shape index (κ2) is 4.30. The number of halogens is 2. The summed E-state index contributed by atoms with van der Waals surface area (Å²) in [6, 6.07) is 2.51. The molecule has 0 saturated carbocycles. The Bertz CT molecular complexity index is 389. The number of hydrogen-bond acceptors (Lipinski definition) is 3. The topological polar surface area (TPSA) is 63.6 Å². The van der Waals surface area contributed by atoms with Crippen molar-refractivity contribution in [3.05, 3.63) is 27.7 Å². The highest BCUT2D eigenvalue weighted by Gasteiger charge is 2.17. The first-order valence-corrected chi connectivity index (χ1v) is 4.15. The van der Waals surface area contributed by atoms with Crippen LogP contribution < -0.4 is 4.74 Å². The van der Waals surface area contributed by atoms with Crippen LogP contribution in [0.5, 0.6) is 5.75 Å². The summed E-state index contributed by atoms with van der Waals surface area (Å²) >= 11 is 11.2. The van der Waals surface area contributed by atoms with E-state index in [1.165, 1.54) is 12.1 Å². The van der Waals surface area contributed by atoms with E-state index < -0.39 is 5.97 Å². The van der Waals surface area contributed by atoms with Crippen molar-refractivity contribution >= 4 is 35.6 Å². The third-order valence-electron chi connectivity index (χ3n) is 1.45. The van der Waals surface area contributed by atoms with Crippen LogP contribution in [0, 0.1) is 0 Å². The zero-order valence-electron chi connectivity index (χ0n) is 6.66. The number of carboxylic acid groups (broad SMARTS) is 1. The van der Waals surface area contributed by atoms with Crippen LogP contribution in [0.25, 0.3) is 0 Å². The first kappa shape index (κ1) is 10.8. The van der Waals surface area contributed by atoms with Gasteiger partial charge in [0, 0.05) is 0 Å². The molecule has 1 N–H and O–H groups in total. The lowest BCUT2D eigenvalue weighted by Crippen LogP contribution is -2.02. The molecule has 1 aromatic rings. The average Bonchev–Trinajstić information content (AvgIpc) is 2.13. The summed E-state index contributed by atoms with van der Waals surface area (Å²) in [6.07, 6.45) is 0. The molecule has 0 aliphatic rings. The van der Waals surface area contributed by atoms with Crippen LogP contribution in [0.3, 0.4) is 0 Å². The van der Waals surface area contributed by atoms with Crippen LogP contribution in [0.15, 0.2) is 12.1 Å². The highest BCUT2D eigenvalue weighted by atomic mass is 35.5. The maximum atomic E-state index is 10.7. The molecule has 0 amide bonds. The Morgan fingerprint density at radius 2 is 2.07 bits per heavy atom. The summed E-state index contributed by atoms with van der Waals surface area (Å²) in [7, 11) is 0. The van der Waals surface area contributed by atoms with Gasteiger partial charge in [-0.3, -0.25) is 4.79 Å². The third-order valence-corrected chi connectivity index (χ3v) is 2.23. The van der Waals surface area contributed by atoms with Crippen LogP contribution >= 0.6 is 23.2 Å². The van der Waals surface area contributed by atoms with Gasteiger partial charge in [0.2, 0.25) is 0 Å². The maximum absolute atomic E-state index is 10.7. The molecule has 0 aromatic heterocycles. The minimum absolute atomic E-state index is 0.0873. The zero-order chi connectivity index (χ0) is 10.7. The minimum atomic E-state index is -1.25. The van der Waals surface area contributed by atoms with E-state index in [1.807, 2.05) is 0 Å². The number of rotatable bonds is 3. The standard InChI is InChI=1S/C8H4Cl2O4/c9-5-2-1-4(8(12)13)7(6(5)10)14-3-11/h1-3H,(H,12,13). The van der Waals surface area contributed by atoms with E-state index in [0.717, 1.165) is 0 Å². The van der Waals surface area contributed by atoms with Crippen LogP contribution in [-0.2, 0) is 4.79 Å². The fourth-order valence-electron chi connectivity index (χ4n) is 0.864. The van der Waals surface area contributed by atoms with Gasteiger partial charge in [0.15, 0.2) is 5.75 Å². The van der Waals surface area contributed by atoms with E-state index in [0.29, 0.717) is 0 Å². The second-order valence-electron chi connectivity index (χ2n) is 2.26. The Morgan fingerprint density at radius 1 is 1.43 bits per heavy atom. The normalized spacial score (nSPS) is 9.57. The number of ether oxygens (including phenoxy) is 1. The molecule has 0 aliphatic heterocycles. The molecular formula is C8H4Cl2O4. The highest BCUT2D eigenvalue weighted by molar-refractivity contribution is 6.43. The van der Waals surface area contributed by atoms with E-state index in [2.05, 4.69) is 4.74 Å². The molecule has 0 radical (unpaired) electrons. The average molecular weight is 235 g/mol. The molecule has 0 heterocycles. The number of aromatic carboxylic acids is 1. The van der Waals surface area contributed by atoms with Gasteiger partial charge in [0.25, 0.3) is 6.47 Å². The van der Waals surface area contributed by atoms with Crippen LogP contribution in [-0.4, -0.2) is 17.5 Å². The fourth-order valence-corrected chi connectivity index (χ4v) is 1.22. The first-order valence-electron chi connectivity index (χ1n) is 3.39. The molecule has 0 unspecified atom stereocenters. The summed E-state index contributed by atoms with van der Waals surface area (Å²) in [6.45, 7) is 0.0873. The molecule has 0 spiro atoms. The van der Waals surface area contributed by atoms with Gasteiger partial charge in [-0.15, -0.1) is 0 Å². The van der Waals surface area contributed by atoms with E-state index in [4.69, 9.17) is 28.3 Å². The zero-order valence-corrected chi connectivity index (χ0v) is 8.17. The van der Waals surface area contributed by atoms with E-state index in [1.54, 1.807) is 0 Å². The van der Waals surface area contributed by atoms with Crippen LogP contribution in [0.4, 0.5) is 0 Å². The predicted molar refractivity (Wildman–Crippen MR) is 50.1 cm³/mol. The highest BCUT2D eigenvalue weighted by Crippen LogP contribution is 2.34. The molecule has 14 heavy (non-hydrogen) atoms. The number of carbonyl (C=O) groups is 2. The largest absolute Gasteiger partial charge is 0.478 e. The summed E-state index contributed by atoms with van der Waals surface area (Å²) in [5.41, 5.74) is -0.216. The van der Waals surface area contributed by atoms with Gasteiger partial charge >= 0.3 is 5.97 Å². The second-order valence-corrected chi connectivity index (χ2v) is 3.04. The summed E-state index contributed by atoms with van der Waals surface area (Å²) in [5.74, 6) is -1.50. The van der Waals surface area contributed by atoms with Crippen LogP contribution in [0.2, 0.25) is 10.0 Å². The monoisotopic (exact) mass is 234 g/mol. The first-order chi connectivity index (χ1) is 6.57. The van der Waals surface area contributed by atoms with Crippen molar-refractivity contribution in [2.75, 3.05) is 0 Å². The predicted octanol–water partition coefficient (Wildman–Crippen LogP) is 2.23. The molecule has 0 bridgehead atoms. The number of carboxylic acids is 1. The molecule has 1 rings (SSSR count). The van der Waals surface area contributed by atoms with Crippen molar-refractivity contribution in [3.63, 3.8) is 0 Å². The molecule has 0 atom stereocenters. The number of benzene rings is 1. The fraction of sp³-hybridized carbons (Fsp3) is 0. The molecule has 0 fully saturated rings. The van der Waals surface area contributed by atoms with Crippen molar-refractivity contribution < 1.29 is 19.4 Å². The molecule has 4 nitrogen and oxygen atoms in total. The molecule has 74 valence electrons. The van der Waals surface area contributed by atoms with Gasteiger partial charge in [-0.1, -0.05) is 23.2 Å². The Balaban J connectivity index is 3.36. The Hall–Kier alpha value is -1.26. The maximum Gasteiger partial charge on any atom is 0.339 e. The van der Waals surface area contributed by atoms with Gasteiger partial charge < -0.3 is 9.84 Å². The summed E-state index contributed by atoms with van der Waals surface area (Å²) in [4.78, 5) is 20.8. The Labute approximate surface area is 89.0 Å².